The Morgan fingerprint density at radius 2 is 2.57 bits per heavy atom. The number of hydroxylamine groups is 1. The number of carbonyl (C=O) groups excluding carboxylic acids is 1. The van der Waals surface area contributed by atoms with Crippen LogP contribution < -0.4 is 5.48 Å². The van der Waals surface area contributed by atoms with Crippen LogP contribution in [0.1, 0.15) is 14.8 Å². The second-order valence-electron chi connectivity index (χ2n) is 1.08. The molecule has 1 amide bonds. The monoisotopic (exact) mass is 105 g/mol. The third kappa shape index (κ3) is 3.26. The fourth-order valence-corrected chi connectivity index (χ4v) is 0.186. The van der Waals surface area contributed by atoms with Gasteiger partial charge in [-0.3, -0.25) is 9.63 Å². The highest BCUT2D eigenvalue weighted by molar-refractivity contribution is 5.74. The third-order valence-electron chi connectivity index (χ3n) is 0.537. The number of rotatable bonds is 2. The van der Waals surface area contributed by atoms with Crippen LogP contribution in [0.5, 0.6) is 0 Å². The van der Waals surface area contributed by atoms with Crippen molar-refractivity contribution in [2.45, 2.75) is 13.3 Å². The summed E-state index contributed by atoms with van der Waals surface area (Å²) in [4.78, 5) is 14.5. The Morgan fingerprint density at radius 1 is 2.00 bits per heavy atom. The summed E-state index contributed by atoms with van der Waals surface area (Å²) in [6, 6.07) is 0. The van der Waals surface area contributed by atoms with Crippen molar-refractivity contribution in [2.24, 2.45) is 0 Å². The molecule has 0 rings (SSSR count). The van der Waals surface area contributed by atoms with Gasteiger partial charge in [0.1, 0.15) is 0 Å². The topological polar surface area (TPSA) is 38.3 Å². The van der Waals surface area contributed by atoms with Crippen molar-refractivity contribution in [2.75, 3.05) is 7.11 Å². The predicted octanol–water partition coefficient (Wildman–Crippen LogP) is 0.320. The fraction of sp³-hybridized carbons (Fsp3) is 0.750. The van der Waals surface area contributed by atoms with Crippen molar-refractivity contribution in [1.82, 2.24) is 5.48 Å². The average Bonchev–Trinajstić information content (AvgIpc) is 1.68. The van der Waals surface area contributed by atoms with E-state index in [2.05, 4.69) is 10.3 Å². The molecule has 0 radical (unpaired) electrons. The van der Waals surface area contributed by atoms with Crippen LogP contribution in [0.25, 0.3) is 0 Å². The maximum absolute atomic E-state index is 10.2. The second-order valence-corrected chi connectivity index (χ2v) is 1.08. The SMILES string of the molecule is CCC(=O)NOC.[HH]. The first-order valence-corrected chi connectivity index (χ1v) is 2.13. The van der Waals surface area contributed by atoms with E-state index in [1.807, 2.05) is 0 Å². The molecule has 0 aliphatic carbocycles. The zero-order chi connectivity index (χ0) is 5.70. The lowest BCUT2D eigenvalue weighted by atomic mass is 10.5. The largest absolute Gasteiger partial charge is 0.277 e. The van der Waals surface area contributed by atoms with E-state index in [0.717, 1.165) is 0 Å². The van der Waals surface area contributed by atoms with Gasteiger partial charge in [-0.1, -0.05) is 6.92 Å². The van der Waals surface area contributed by atoms with Gasteiger partial charge >= 0.3 is 0 Å². The molecular weight excluding hydrogens is 94.0 g/mol. The third-order valence-corrected chi connectivity index (χ3v) is 0.537. The van der Waals surface area contributed by atoms with E-state index in [9.17, 15) is 4.79 Å². The Hall–Kier alpha value is -0.570. The first-order valence-electron chi connectivity index (χ1n) is 2.13. The minimum atomic E-state index is -0.0949. The van der Waals surface area contributed by atoms with E-state index in [1.54, 1.807) is 6.92 Å². The lowest BCUT2D eigenvalue weighted by molar-refractivity contribution is -0.130. The van der Waals surface area contributed by atoms with Crippen LogP contribution in [0.3, 0.4) is 0 Å². The molecule has 0 atom stereocenters. The van der Waals surface area contributed by atoms with Gasteiger partial charge in [0.05, 0.1) is 7.11 Å². The molecule has 3 nitrogen and oxygen atoms in total. The summed E-state index contributed by atoms with van der Waals surface area (Å²) in [6.07, 6.45) is 0.466. The van der Waals surface area contributed by atoms with Gasteiger partial charge in [0.2, 0.25) is 5.91 Å². The standard InChI is InChI=1S/C4H9NO2.H2/c1-3-4(6)5-7-2;/h3H2,1-2H3,(H,5,6);1H. The van der Waals surface area contributed by atoms with Crippen LogP contribution in [-0.2, 0) is 9.63 Å². The summed E-state index contributed by atoms with van der Waals surface area (Å²) < 4.78 is 0. The van der Waals surface area contributed by atoms with Gasteiger partial charge in [-0.15, -0.1) is 0 Å². The Bertz CT molecular complexity index is 67.1. The number of hydrogen-bond donors (Lipinski definition) is 1. The number of amides is 1. The molecule has 0 heterocycles. The zero-order valence-electron chi connectivity index (χ0n) is 4.52. The van der Waals surface area contributed by atoms with Crippen molar-refractivity contribution in [3.05, 3.63) is 0 Å². The van der Waals surface area contributed by atoms with Crippen molar-refractivity contribution in [3.63, 3.8) is 0 Å². The molecular formula is C4H11NO2. The molecule has 0 fully saturated rings. The summed E-state index contributed by atoms with van der Waals surface area (Å²) in [5, 5.41) is 0. The van der Waals surface area contributed by atoms with Crippen molar-refractivity contribution < 1.29 is 11.1 Å². The van der Waals surface area contributed by atoms with Crippen molar-refractivity contribution >= 4 is 5.91 Å². The first kappa shape index (κ1) is 6.43. The van der Waals surface area contributed by atoms with E-state index in [0.29, 0.717) is 6.42 Å². The molecule has 1 N–H and O–H groups in total. The molecule has 44 valence electrons. The zero-order valence-corrected chi connectivity index (χ0v) is 4.52. The van der Waals surface area contributed by atoms with Gasteiger partial charge in [-0.25, -0.2) is 5.48 Å². The minimum absolute atomic E-state index is 0. The van der Waals surface area contributed by atoms with Gasteiger partial charge in [-0.05, 0) is 0 Å². The lowest BCUT2D eigenvalue weighted by Gasteiger charge is -1.94. The van der Waals surface area contributed by atoms with Crippen LogP contribution in [0.4, 0.5) is 0 Å². The van der Waals surface area contributed by atoms with Crippen LogP contribution in [0.2, 0.25) is 0 Å². The summed E-state index contributed by atoms with van der Waals surface area (Å²) in [7, 11) is 1.41. The highest BCUT2D eigenvalue weighted by Gasteiger charge is 1.89. The highest BCUT2D eigenvalue weighted by Crippen LogP contribution is 1.71. The quantitative estimate of drug-likeness (QED) is 0.513. The summed E-state index contributed by atoms with van der Waals surface area (Å²) in [5.41, 5.74) is 2.16. The first-order chi connectivity index (χ1) is 3.31. The number of carbonyl (C=O) groups is 1. The van der Waals surface area contributed by atoms with Crippen LogP contribution >= 0.6 is 0 Å². The Balaban J connectivity index is 0. The van der Waals surface area contributed by atoms with Crippen LogP contribution in [0.15, 0.2) is 0 Å². The highest BCUT2D eigenvalue weighted by atomic mass is 16.6. The Labute approximate surface area is 44.1 Å². The molecule has 0 aliphatic heterocycles. The molecule has 0 aromatic carbocycles. The van der Waals surface area contributed by atoms with Gasteiger partial charge < -0.3 is 0 Å². The maximum Gasteiger partial charge on any atom is 0.243 e. The normalized spacial score (nSPS) is 8.29. The van der Waals surface area contributed by atoms with E-state index in [1.165, 1.54) is 7.11 Å². The minimum Gasteiger partial charge on any atom is -0.277 e. The molecule has 0 aromatic rings. The van der Waals surface area contributed by atoms with Gasteiger partial charge in [0.25, 0.3) is 0 Å². The summed E-state index contributed by atoms with van der Waals surface area (Å²) >= 11 is 0. The average molecular weight is 105 g/mol. The summed E-state index contributed by atoms with van der Waals surface area (Å²) in [6.45, 7) is 1.76. The molecule has 0 spiro atoms. The van der Waals surface area contributed by atoms with E-state index in [-0.39, 0.29) is 7.33 Å². The van der Waals surface area contributed by atoms with E-state index in [4.69, 9.17) is 0 Å². The summed E-state index contributed by atoms with van der Waals surface area (Å²) in [5.74, 6) is -0.0949. The molecule has 0 saturated carbocycles. The number of nitrogens with one attached hydrogen (secondary N) is 1. The van der Waals surface area contributed by atoms with Gasteiger partial charge in [-0.2, -0.15) is 0 Å². The van der Waals surface area contributed by atoms with Crippen molar-refractivity contribution in [1.29, 1.82) is 0 Å². The maximum atomic E-state index is 10.2. The molecule has 7 heavy (non-hydrogen) atoms. The Kier molecular flexibility index (Phi) is 3.32. The van der Waals surface area contributed by atoms with Gasteiger partial charge in [0.15, 0.2) is 0 Å². The fourth-order valence-electron chi connectivity index (χ4n) is 0.186. The second kappa shape index (κ2) is 3.61. The molecule has 0 unspecified atom stereocenters. The lowest BCUT2D eigenvalue weighted by Crippen LogP contribution is -2.19. The van der Waals surface area contributed by atoms with E-state index < -0.39 is 0 Å². The van der Waals surface area contributed by atoms with Crippen LogP contribution in [0, 0.1) is 0 Å². The Morgan fingerprint density at radius 3 is 2.71 bits per heavy atom. The van der Waals surface area contributed by atoms with Gasteiger partial charge in [0, 0.05) is 7.85 Å². The molecule has 0 bridgehead atoms. The predicted molar refractivity (Wildman–Crippen MR) is 27.6 cm³/mol. The molecule has 0 aromatic heterocycles. The smallest absolute Gasteiger partial charge is 0.243 e. The molecule has 3 heteroatoms. The van der Waals surface area contributed by atoms with Crippen LogP contribution in [-0.4, -0.2) is 13.0 Å². The van der Waals surface area contributed by atoms with Crippen molar-refractivity contribution in [3.8, 4) is 0 Å². The number of hydrogen-bond acceptors (Lipinski definition) is 2. The molecule has 0 aliphatic rings. The molecule has 0 saturated heterocycles. The van der Waals surface area contributed by atoms with E-state index >= 15 is 0 Å².